The summed E-state index contributed by atoms with van der Waals surface area (Å²) in [6.45, 7) is 3.85. The number of carboxylic acids is 1. The van der Waals surface area contributed by atoms with Crippen molar-refractivity contribution in [2.45, 2.75) is 32.7 Å². The third-order valence-corrected chi connectivity index (χ3v) is 2.56. The monoisotopic (exact) mass is 268 g/mol. The molecule has 0 saturated heterocycles. The molecule has 0 bridgehead atoms. The van der Waals surface area contributed by atoms with Gasteiger partial charge in [-0.3, -0.25) is 0 Å². The van der Waals surface area contributed by atoms with Crippen molar-refractivity contribution >= 4 is 17.7 Å². The molecule has 0 fully saturated rings. The number of benzene rings is 1. The minimum Gasteiger partial charge on any atom is -0.478 e. The zero-order valence-corrected chi connectivity index (χ0v) is 10.9. The smallest absolute Gasteiger partial charge is 0.337 e. The molecule has 5 nitrogen and oxygen atoms in total. The van der Waals surface area contributed by atoms with Crippen LogP contribution in [0.2, 0.25) is 0 Å². The molecule has 0 aromatic heterocycles. The fraction of sp³-hybridized carbons (Fsp3) is 0.385. The average molecular weight is 268 g/mol. The summed E-state index contributed by atoms with van der Waals surface area (Å²) in [4.78, 5) is 22.6. The van der Waals surface area contributed by atoms with Crippen LogP contribution in [0.15, 0.2) is 18.2 Å². The third kappa shape index (κ3) is 4.57. The van der Waals surface area contributed by atoms with Crippen LogP contribution in [0, 0.1) is 5.82 Å². The van der Waals surface area contributed by atoms with Gasteiger partial charge in [0.05, 0.1) is 11.3 Å². The number of halogens is 1. The Morgan fingerprint density at radius 2 is 2.11 bits per heavy atom. The van der Waals surface area contributed by atoms with E-state index in [2.05, 4.69) is 10.6 Å². The van der Waals surface area contributed by atoms with Crippen molar-refractivity contribution in [2.24, 2.45) is 0 Å². The summed E-state index contributed by atoms with van der Waals surface area (Å²) in [5.74, 6) is -1.96. The second-order valence-corrected chi connectivity index (χ2v) is 4.28. The lowest BCUT2D eigenvalue weighted by atomic mass is 10.1. The summed E-state index contributed by atoms with van der Waals surface area (Å²) in [7, 11) is 0. The quantitative estimate of drug-likeness (QED) is 0.768. The van der Waals surface area contributed by atoms with Gasteiger partial charge in [-0.15, -0.1) is 0 Å². The molecule has 0 aliphatic heterocycles. The number of aromatic carboxylic acids is 1. The Balaban J connectivity index is 2.76. The van der Waals surface area contributed by atoms with E-state index in [9.17, 15) is 14.0 Å². The van der Waals surface area contributed by atoms with E-state index in [0.717, 1.165) is 25.0 Å². The fourth-order valence-electron chi connectivity index (χ4n) is 1.69. The Labute approximate surface area is 110 Å². The van der Waals surface area contributed by atoms with Crippen molar-refractivity contribution in [1.82, 2.24) is 5.32 Å². The summed E-state index contributed by atoms with van der Waals surface area (Å²) in [6, 6.07) is 2.67. The van der Waals surface area contributed by atoms with E-state index in [0.29, 0.717) is 0 Å². The lowest BCUT2D eigenvalue weighted by molar-refractivity contribution is 0.0697. The van der Waals surface area contributed by atoms with Crippen LogP contribution >= 0.6 is 0 Å². The highest BCUT2D eigenvalue weighted by Crippen LogP contribution is 2.17. The van der Waals surface area contributed by atoms with Crippen molar-refractivity contribution in [3.8, 4) is 0 Å². The third-order valence-electron chi connectivity index (χ3n) is 2.56. The minimum atomic E-state index is -1.29. The Morgan fingerprint density at radius 3 is 2.68 bits per heavy atom. The second kappa shape index (κ2) is 6.72. The van der Waals surface area contributed by atoms with E-state index in [1.807, 2.05) is 13.8 Å². The largest absolute Gasteiger partial charge is 0.478 e. The maximum absolute atomic E-state index is 13.0. The number of carboxylic acid groups (broad SMARTS) is 1. The first-order chi connectivity index (χ1) is 8.93. The van der Waals surface area contributed by atoms with Crippen molar-refractivity contribution in [3.63, 3.8) is 0 Å². The molecule has 1 rings (SSSR count). The van der Waals surface area contributed by atoms with Gasteiger partial charge in [0.2, 0.25) is 0 Å². The van der Waals surface area contributed by atoms with Crippen molar-refractivity contribution < 1.29 is 19.1 Å². The van der Waals surface area contributed by atoms with E-state index in [1.165, 1.54) is 6.07 Å². The highest BCUT2D eigenvalue weighted by atomic mass is 19.1. The molecular formula is C13H17FN2O3. The first kappa shape index (κ1) is 14.9. The molecule has 0 heterocycles. The molecule has 19 heavy (non-hydrogen) atoms. The topological polar surface area (TPSA) is 78.4 Å². The SMILES string of the molecule is CCCC(C)NC(=O)Nc1ccc(F)cc1C(=O)O. The van der Waals surface area contributed by atoms with E-state index >= 15 is 0 Å². The number of urea groups is 1. The first-order valence-electron chi connectivity index (χ1n) is 6.04. The van der Waals surface area contributed by atoms with Gasteiger partial charge in [0.25, 0.3) is 0 Å². The van der Waals surface area contributed by atoms with Gasteiger partial charge < -0.3 is 15.7 Å². The predicted molar refractivity (Wildman–Crippen MR) is 69.9 cm³/mol. The second-order valence-electron chi connectivity index (χ2n) is 4.28. The van der Waals surface area contributed by atoms with Gasteiger partial charge in [-0.2, -0.15) is 0 Å². The summed E-state index contributed by atoms with van der Waals surface area (Å²) in [5, 5.41) is 14.0. The molecule has 104 valence electrons. The molecule has 0 aliphatic carbocycles. The fourth-order valence-corrected chi connectivity index (χ4v) is 1.69. The Morgan fingerprint density at radius 1 is 1.42 bits per heavy atom. The van der Waals surface area contributed by atoms with Crippen molar-refractivity contribution in [1.29, 1.82) is 0 Å². The predicted octanol–water partition coefficient (Wildman–Crippen LogP) is 2.83. The number of carbonyl (C=O) groups excluding carboxylic acids is 1. The molecule has 3 N–H and O–H groups in total. The first-order valence-corrected chi connectivity index (χ1v) is 6.04. The van der Waals surface area contributed by atoms with E-state index in [-0.39, 0.29) is 17.3 Å². The highest BCUT2D eigenvalue weighted by molar-refractivity contribution is 6.00. The minimum absolute atomic E-state index is 0.0151. The number of anilines is 1. The van der Waals surface area contributed by atoms with E-state index in [4.69, 9.17) is 5.11 Å². The summed E-state index contributed by atoms with van der Waals surface area (Å²) in [5.41, 5.74) is -0.214. The van der Waals surface area contributed by atoms with Crippen molar-refractivity contribution in [2.75, 3.05) is 5.32 Å². The molecule has 1 aromatic carbocycles. The number of amides is 2. The van der Waals surface area contributed by atoms with Crippen LogP contribution in [0.1, 0.15) is 37.0 Å². The zero-order valence-electron chi connectivity index (χ0n) is 10.9. The molecule has 2 amide bonds. The molecule has 6 heteroatoms. The molecule has 0 saturated carbocycles. The van der Waals surface area contributed by atoms with Crippen LogP contribution in [0.4, 0.5) is 14.9 Å². The molecule has 1 aromatic rings. The van der Waals surface area contributed by atoms with Crippen LogP contribution in [-0.2, 0) is 0 Å². The summed E-state index contributed by atoms with van der Waals surface area (Å²) >= 11 is 0. The molecule has 0 radical (unpaired) electrons. The van der Waals surface area contributed by atoms with Crippen LogP contribution in [0.25, 0.3) is 0 Å². The van der Waals surface area contributed by atoms with Crippen LogP contribution < -0.4 is 10.6 Å². The molecule has 0 aliphatic rings. The summed E-state index contributed by atoms with van der Waals surface area (Å²) in [6.07, 6.45) is 1.75. The lowest BCUT2D eigenvalue weighted by Gasteiger charge is -2.14. The Bertz CT molecular complexity index is 477. The number of nitrogens with one attached hydrogen (secondary N) is 2. The van der Waals surface area contributed by atoms with Gasteiger partial charge in [-0.05, 0) is 31.5 Å². The highest BCUT2D eigenvalue weighted by Gasteiger charge is 2.14. The number of hydrogen-bond donors (Lipinski definition) is 3. The average Bonchev–Trinajstić information content (AvgIpc) is 2.31. The van der Waals surface area contributed by atoms with Gasteiger partial charge in [0.15, 0.2) is 0 Å². The summed E-state index contributed by atoms with van der Waals surface area (Å²) < 4.78 is 13.0. The van der Waals surface area contributed by atoms with Crippen LogP contribution in [-0.4, -0.2) is 23.1 Å². The number of rotatable bonds is 5. The van der Waals surface area contributed by atoms with Crippen LogP contribution in [0.3, 0.4) is 0 Å². The van der Waals surface area contributed by atoms with Gasteiger partial charge in [0.1, 0.15) is 5.82 Å². The lowest BCUT2D eigenvalue weighted by Crippen LogP contribution is -2.36. The standard InChI is InChI=1S/C13H17FN2O3/c1-3-4-8(2)15-13(19)16-11-6-5-9(14)7-10(11)12(17)18/h5-8H,3-4H2,1-2H3,(H,17,18)(H2,15,16,19). The number of carbonyl (C=O) groups is 2. The van der Waals surface area contributed by atoms with Crippen LogP contribution in [0.5, 0.6) is 0 Å². The molecule has 1 atom stereocenters. The molecule has 1 unspecified atom stereocenters. The van der Waals surface area contributed by atoms with E-state index in [1.54, 1.807) is 0 Å². The van der Waals surface area contributed by atoms with Gasteiger partial charge in [0, 0.05) is 6.04 Å². The van der Waals surface area contributed by atoms with E-state index < -0.39 is 17.8 Å². The normalized spacial score (nSPS) is 11.7. The number of hydrogen-bond acceptors (Lipinski definition) is 2. The maximum Gasteiger partial charge on any atom is 0.337 e. The molecular weight excluding hydrogens is 251 g/mol. The van der Waals surface area contributed by atoms with Gasteiger partial charge in [-0.1, -0.05) is 13.3 Å². The zero-order chi connectivity index (χ0) is 14.4. The Kier molecular flexibility index (Phi) is 5.29. The Hall–Kier alpha value is -2.11. The van der Waals surface area contributed by atoms with Gasteiger partial charge in [-0.25, -0.2) is 14.0 Å². The molecule has 0 spiro atoms. The van der Waals surface area contributed by atoms with Crippen molar-refractivity contribution in [3.05, 3.63) is 29.6 Å². The van der Waals surface area contributed by atoms with Gasteiger partial charge >= 0.3 is 12.0 Å². The maximum atomic E-state index is 13.0.